The van der Waals surface area contributed by atoms with Gasteiger partial charge in [-0.3, -0.25) is 0 Å². The molecule has 1 heterocycles. The van der Waals surface area contributed by atoms with Gasteiger partial charge in [0.1, 0.15) is 0 Å². The lowest BCUT2D eigenvalue weighted by Crippen LogP contribution is -2.29. The topological polar surface area (TPSA) is 38.0 Å². The molecule has 2 atom stereocenters. The van der Waals surface area contributed by atoms with Crippen LogP contribution in [0.4, 0.5) is 0 Å². The highest BCUT2D eigenvalue weighted by Gasteiger charge is 2.16. The fourth-order valence-corrected chi connectivity index (χ4v) is 2.62. The van der Waals surface area contributed by atoms with E-state index in [2.05, 4.69) is 48.8 Å². The second kappa shape index (κ2) is 13.5. The Morgan fingerprint density at radius 1 is 1.09 bits per heavy atom. The normalized spacial score (nSPS) is 12.3. The largest absolute Gasteiger partial charge is 0.324 e. The van der Waals surface area contributed by atoms with Crippen molar-refractivity contribution in [2.75, 3.05) is 13.6 Å². The number of thiophene rings is 1. The third-order valence-electron chi connectivity index (χ3n) is 3.35. The Labute approximate surface area is 140 Å². The van der Waals surface area contributed by atoms with Crippen LogP contribution in [0.5, 0.6) is 0 Å². The minimum Gasteiger partial charge on any atom is -0.324 e. The van der Waals surface area contributed by atoms with Crippen molar-refractivity contribution in [3.05, 3.63) is 58.3 Å². The van der Waals surface area contributed by atoms with Gasteiger partial charge in [0.2, 0.25) is 0 Å². The van der Waals surface area contributed by atoms with E-state index in [0.29, 0.717) is 5.92 Å². The van der Waals surface area contributed by atoms with Crippen molar-refractivity contribution in [1.82, 2.24) is 5.32 Å². The highest BCUT2D eigenvalue weighted by atomic mass is 32.1. The number of rotatable bonds is 5. The van der Waals surface area contributed by atoms with E-state index < -0.39 is 0 Å². The Morgan fingerprint density at radius 2 is 1.73 bits per heavy atom. The van der Waals surface area contributed by atoms with E-state index in [4.69, 9.17) is 5.73 Å². The summed E-state index contributed by atoms with van der Waals surface area (Å²) in [5, 5.41) is 5.27. The summed E-state index contributed by atoms with van der Waals surface area (Å²) in [6.07, 6.45) is 1.11. The van der Waals surface area contributed by atoms with Gasteiger partial charge in [-0.1, -0.05) is 63.6 Å². The zero-order chi connectivity index (χ0) is 16.8. The van der Waals surface area contributed by atoms with Crippen LogP contribution in [0, 0.1) is 12.8 Å². The Bertz CT molecular complexity index is 440. The van der Waals surface area contributed by atoms with Crippen molar-refractivity contribution in [3.63, 3.8) is 0 Å². The molecule has 0 aliphatic heterocycles. The average molecular weight is 321 g/mol. The maximum atomic E-state index is 6.20. The molecular formula is C19H32N2S. The maximum Gasteiger partial charge on any atom is 0.0335 e. The highest BCUT2D eigenvalue weighted by molar-refractivity contribution is 7.09. The fraction of sp³-hybridized carbons (Fsp3) is 0.474. The van der Waals surface area contributed by atoms with E-state index in [1.54, 1.807) is 11.3 Å². The molecule has 2 aromatic rings. The van der Waals surface area contributed by atoms with Crippen molar-refractivity contribution < 1.29 is 0 Å². The van der Waals surface area contributed by atoms with Crippen LogP contribution in [0.25, 0.3) is 0 Å². The van der Waals surface area contributed by atoms with Gasteiger partial charge in [-0.2, -0.15) is 0 Å². The standard InChI is InChI=1S/C12H20N2.C5H6S.C2H6/c1-3-10(9-14-2)12(13)11-7-5-4-6-8-11;1-5-3-2-4-6-5;1-2/h4-8,10,12,14H,3,9,13H2,1-2H3;2-4H,1H3;1-2H3. The molecule has 2 rings (SSSR count). The molecule has 0 fully saturated rings. The number of hydrogen-bond acceptors (Lipinski definition) is 3. The Balaban J connectivity index is 0.000000457. The van der Waals surface area contributed by atoms with Gasteiger partial charge in [0.15, 0.2) is 0 Å². The summed E-state index contributed by atoms with van der Waals surface area (Å²) in [4.78, 5) is 1.38. The predicted octanol–water partition coefficient (Wildman–Crippen LogP) is 5.01. The van der Waals surface area contributed by atoms with Crippen molar-refractivity contribution in [2.45, 2.75) is 40.2 Å². The van der Waals surface area contributed by atoms with Gasteiger partial charge in [0, 0.05) is 10.9 Å². The molecule has 0 radical (unpaired) electrons. The van der Waals surface area contributed by atoms with Crippen LogP contribution >= 0.6 is 11.3 Å². The van der Waals surface area contributed by atoms with Crippen molar-refractivity contribution in [3.8, 4) is 0 Å². The van der Waals surface area contributed by atoms with Crippen LogP contribution < -0.4 is 11.1 Å². The fourth-order valence-electron chi connectivity index (χ4n) is 2.10. The quantitative estimate of drug-likeness (QED) is 0.812. The van der Waals surface area contributed by atoms with Crippen LogP contribution in [0.2, 0.25) is 0 Å². The minimum absolute atomic E-state index is 0.147. The van der Waals surface area contributed by atoms with Crippen molar-refractivity contribution in [1.29, 1.82) is 0 Å². The van der Waals surface area contributed by atoms with Gasteiger partial charge in [0.05, 0.1) is 0 Å². The maximum absolute atomic E-state index is 6.20. The zero-order valence-corrected chi connectivity index (χ0v) is 15.5. The molecule has 3 heteroatoms. The molecule has 0 amide bonds. The Hall–Kier alpha value is -1.16. The molecule has 22 heavy (non-hydrogen) atoms. The van der Waals surface area contributed by atoms with Crippen molar-refractivity contribution >= 4 is 11.3 Å². The van der Waals surface area contributed by atoms with Crippen LogP contribution in [-0.2, 0) is 0 Å². The first-order valence-corrected chi connectivity index (χ1v) is 9.02. The van der Waals surface area contributed by atoms with Gasteiger partial charge >= 0.3 is 0 Å². The molecule has 2 unspecified atom stereocenters. The molecule has 0 saturated heterocycles. The van der Waals surface area contributed by atoms with E-state index in [1.807, 2.05) is 39.1 Å². The number of benzene rings is 1. The molecule has 0 saturated carbocycles. The number of aryl methyl sites for hydroxylation is 1. The number of hydrogen-bond donors (Lipinski definition) is 2. The van der Waals surface area contributed by atoms with Crippen LogP contribution in [0.1, 0.15) is 43.7 Å². The van der Waals surface area contributed by atoms with Gasteiger partial charge in [-0.25, -0.2) is 0 Å². The summed E-state index contributed by atoms with van der Waals surface area (Å²) in [5.41, 5.74) is 7.43. The Kier molecular flexibility index (Phi) is 12.8. The molecular weight excluding hydrogens is 288 g/mol. The van der Waals surface area contributed by atoms with Gasteiger partial charge < -0.3 is 11.1 Å². The molecule has 2 nitrogen and oxygen atoms in total. The van der Waals surface area contributed by atoms with Crippen LogP contribution in [-0.4, -0.2) is 13.6 Å². The molecule has 1 aromatic carbocycles. The highest BCUT2D eigenvalue weighted by Crippen LogP contribution is 2.21. The first kappa shape index (κ1) is 20.8. The zero-order valence-electron chi connectivity index (χ0n) is 14.7. The lowest BCUT2D eigenvalue weighted by molar-refractivity contribution is 0.403. The summed E-state index contributed by atoms with van der Waals surface area (Å²) in [6.45, 7) is 9.27. The van der Waals surface area contributed by atoms with Crippen LogP contribution in [0.15, 0.2) is 47.8 Å². The molecule has 0 bridgehead atoms. The lowest BCUT2D eigenvalue weighted by Gasteiger charge is -2.22. The molecule has 3 N–H and O–H groups in total. The second-order valence-electron chi connectivity index (χ2n) is 4.89. The molecule has 1 aromatic heterocycles. The van der Waals surface area contributed by atoms with Gasteiger partial charge in [-0.05, 0) is 43.4 Å². The predicted molar refractivity (Wildman–Crippen MR) is 101 cm³/mol. The summed E-state index contributed by atoms with van der Waals surface area (Å²) in [7, 11) is 1.97. The van der Waals surface area contributed by atoms with E-state index in [0.717, 1.165) is 13.0 Å². The summed E-state index contributed by atoms with van der Waals surface area (Å²) in [5.74, 6) is 0.516. The smallest absolute Gasteiger partial charge is 0.0335 e. The van der Waals surface area contributed by atoms with E-state index in [-0.39, 0.29) is 6.04 Å². The third kappa shape index (κ3) is 8.32. The van der Waals surface area contributed by atoms with E-state index in [1.165, 1.54) is 10.4 Å². The molecule has 0 spiro atoms. The summed E-state index contributed by atoms with van der Waals surface area (Å²) >= 11 is 1.78. The second-order valence-corrected chi connectivity index (χ2v) is 6.04. The molecule has 0 aliphatic rings. The Morgan fingerprint density at radius 3 is 2.09 bits per heavy atom. The van der Waals surface area contributed by atoms with Gasteiger partial charge in [0.25, 0.3) is 0 Å². The first-order valence-electron chi connectivity index (χ1n) is 8.14. The monoisotopic (exact) mass is 320 g/mol. The van der Waals surface area contributed by atoms with Crippen molar-refractivity contribution in [2.24, 2.45) is 11.7 Å². The average Bonchev–Trinajstić information content (AvgIpc) is 3.06. The van der Waals surface area contributed by atoms with Crippen LogP contribution in [0.3, 0.4) is 0 Å². The van der Waals surface area contributed by atoms with E-state index in [9.17, 15) is 0 Å². The molecule has 0 aliphatic carbocycles. The number of nitrogens with two attached hydrogens (primary N) is 1. The minimum atomic E-state index is 0.147. The summed E-state index contributed by atoms with van der Waals surface area (Å²) in [6, 6.07) is 14.6. The third-order valence-corrected chi connectivity index (χ3v) is 4.15. The lowest BCUT2D eigenvalue weighted by atomic mass is 9.92. The van der Waals surface area contributed by atoms with E-state index >= 15 is 0 Å². The first-order chi connectivity index (χ1) is 10.7. The SMILES string of the molecule is CC.CCC(CNC)C(N)c1ccccc1.Cc1cccs1. The number of nitrogens with one attached hydrogen (secondary N) is 1. The van der Waals surface area contributed by atoms with Gasteiger partial charge in [-0.15, -0.1) is 11.3 Å². The summed E-state index contributed by atoms with van der Waals surface area (Å²) < 4.78 is 0. The molecule has 124 valence electrons.